The number of halogens is 1. The van der Waals surface area contributed by atoms with E-state index < -0.39 is 0 Å². The number of ether oxygens (including phenoxy) is 1. The molecule has 104 valence electrons. The second-order valence-corrected chi connectivity index (χ2v) is 5.25. The van der Waals surface area contributed by atoms with Crippen LogP contribution in [0.1, 0.15) is 23.6 Å². The molecular formula is C15H21FN2O. The summed E-state index contributed by atoms with van der Waals surface area (Å²) in [7, 11) is 0. The Morgan fingerprint density at radius 2 is 2.16 bits per heavy atom. The van der Waals surface area contributed by atoms with Gasteiger partial charge in [0, 0.05) is 38.6 Å². The van der Waals surface area contributed by atoms with Gasteiger partial charge in [0.05, 0.1) is 13.3 Å². The summed E-state index contributed by atoms with van der Waals surface area (Å²) in [6.45, 7) is 4.51. The van der Waals surface area contributed by atoms with E-state index in [2.05, 4.69) is 22.3 Å². The Kier molecular flexibility index (Phi) is 3.99. The zero-order chi connectivity index (χ0) is 13.1. The molecule has 0 aromatic heterocycles. The van der Waals surface area contributed by atoms with Crippen LogP contribution in [-0.2, 0) is 6.42 Å². The molecule has 3 rings (SSSR count). The molecule has 1 aromatic carbocycles. The molecule has 1 saturated heterocycles. The number of rotatable bonds is 4. The predicted octanol–water partition coefficient (Wildman–Crippen LogP) is 1.93. The maximum atomic E-state index is 12.9. The number of alkyl halides is 1. The summed E-state index contributed by atoms with van der Waals surface area (Å²) in [5.41, 5.74) is 2.51. The predicted molar refractivity (Wildman–Crippen MR) is 73.4 cm³/mol. The Bertz CT molecular complexity index is 432. The van der Waals surface area contributed by atoms with Gasteiger partial charge in [0.1, 0.15) is 5.75 Å². The van der Waals surface area contributed by atoms with Gasteiger partial charge in [0.2, 0.25) is 0 Å². The van der Waals surface area contributed by atoms with Crippen LogP contribution in [-0.4, -0.2) is 44.4 Å². The highest BCUT2D eigenvalue weighted by Gasteiger charge is 2.23. The highest BCUT2D eigenvalue weighted by Crippen LogP contribution is 2.31. The maximum Gasteiger partial charge on any atom is 0.122 e. The van der Waals surface area contributed by atoms with Crippen molar-refractivity contribution in [2.75, 3.05) is 39.5 Å². The van der Waals surface area contributed by atoms with Crippen LogP contribution in [0.15, 0.2) is 18.2 Å². The summed E-state index contributed by atoms with van der Waals surface area (Å²) in [6.07, 6.45) is 1.56. The highest BCUT2D eigenvalue weighted by molar-refractivity contribution is 5.40. The zero-order valence-corrected chi connectivity index (χ0v) is 11.2. The summed E-state index contributed by atoms with van der Waals surface area (Å²) in [5, 5.41) is 3.35. The molecule has 1 atom stereocenters. The fraction of sp³-hybridized carbons (Fsp3) is 0.600. The first kappa shape index (κ1) is 12.9. The van der Waals surface area contributed by atoms with Crippen LogP contribution in [0.3, 0.4) is 0 Å². The Balaban J connectivity index is 1.82. The van der Waals surface area contributed by atoms with Crippen molar-refractivity contribution < 1.29 is 9.13 Å². The molecule has 19 heavy (non-hydrogen) atoms. The van der Waals surface area contributed by atoms with Crippen molar-refractivity contribution in [2.45, 2.75) is 18.9 Å². The van der Waals surface area contributed by atoms with Crippen molar-refractivity contribution in [1.29, 1.82) is 0 Å². The first-order valence-electron chi connectivity index (χ1n) is 7.15. The van der Waals surface area contributed by atoms with E-state index in [1.54, 1.807) is 0 Å². The molecule has 2 aliphatic heterocycles. The number of nitrogens with one attached hydrogen (secondary N) is 1. The number of piperazine rings is 1. The Morgan fingerprint density at radius 3 is 2.95 bits per heavy atom. The second-order valence-electron chi connectivity index (χ2n) is 5.25. The standard InChI is InChI=1S/C15H21FN2O/c16-5-3-14(18-8-6-17-7-9-18)12-1-2-15-13(11-12)4-10-19-15/h1-2,11,14,17H,3-10H2/t14-/m1/s1. The van der Waals surface area contributed by atoms with E-state index in [1.807, 2.05) is 6.07 Å². The number of hydrogen-bond acceptors (Lipinski definition) is 3. The van der Waals surface area contributed by atoms with Crippen LogP contribution in [0.5, 0.6) is 5.75 Å². The number of fused-ring (bicyclic) bond motifs is 1. The summed E-state index contributed by atoms with van der Waals surface area (Å²) >= 11 is 0. The smallest absolute Gasteiger partial charge is 0.122 e. The van der Waals surface area contributed by atoms with Crippen molar-refractivity contribution in [3.05, 3.63) is 29.3 Å². The average molecular weight is 264 g/mol. The Morgan fingerprint density at radius 1 is 1.32 bits per heavy atom. The number of nitrogens with zero attached hydrogens (tertiary/aromatic N) is 1. The normalized spacial score (nSPS) is 20.9. The largest absolute Gasteiger partial charge is 0.493 e. The lowest BCUT2D eigenvalue weighted by Crippen LogP contribution is -2.45. The third-order valence-corrected chi connectivity index (χ3v) is 4.07. The van der Waals surface area contributed by atoms with E-state index in [-0.39, 0.29) is 12.7 Å². The molecular weight excluding hydrogens is 243 g/mol. The first-order valence-corrected chi connectivity index (χ1v) is 7.15. The van der Waals surface area contributed by atoms with Crippen molar-refractivity contribution in [1.82, 2.24) is 10.2 Å². The molecule has 4 heteroatoms. The van der Waals surface area contributed by atoms with Gasteiger partial charge in [0.15, 0.2) is 0 Å². The SMILES string of the molecule is FCC[C@H](c1ccc2c(c1)CCO2)N1CCNCC1. The number of benzene rings is 1. The minimum Gasteiger partial charge on any atom is -0.493 e. The molecule has 1 fully saturated rings. The van der Waals surface area contributed by atoms with Crippen LogP contribution in [0, 0.1) is 0 Å². The van der Waals surface area contributed by atoms with Crippen molar-refractivity contribution in [3.8, 4) is 5.75 Å². The number of hydrogen-bond donors (Lipinski definition) is 1. The monoisotopic (exact) mass is 264 g/mol. The molecule has 0 bridgehead atoms. The fourth-order valence-corrected chi connectivity index (χ4v) is 3.07. The van der Waals surface area contributed by atoms with Gasteiger partial charge in [-0.15, -0.1) is 0 Å². The van der Waals surface area contributed by atoms with Gasteiger partial charge >= 0.3 is 0 Å². The molecule has 2 heterocycles. The molecule has 1 N–H and O–H groups in total. The molecule has 2 aliphatic rings. The zero-order valence-electron chi connectivity index (χ0n) is 11.2. The van der Waals surface area contributed by atoms with Crippen LogP contribution >= 0.6 is 0 Å². The third-order valence-electron chi connectivity index (χ3n) is 4.07. The molecule has 0 spiro atoms. The highest BCUT2D eigenvalue weighted by atomic mass is 19.1. The quantitative estimate of drug-likeness (QED) is 0.899. The van der Waals surface area contributed by atoms with E-state index in [0.717, 1.165) is 45.0 Å². The molecule has 0 radical (unpaired) electrons. The van der Waals surface area contributed by atoms with Gasteiger partial charge in [-0.2, -0.15) is 0 Å². The molecule has 3 nitrogen and oxygen atoms in total. The Hall–Kier alpha value is -1.13. The van der Waals surface area contributed by atoms with E-state index in [1.165, 1.54) is 11.1 Å². The minimum absolute atomic E-state index is 0.206. The lowest BCUT2D eigenvalue weighted by atomic mass is 9.98. The molecule has 1 aromatic rings. The van der Waals surface area contributed by atoms with Crippen LogP contribution in [0.2, 0.25) is 0 Å². The van der Waals surface area contributed by atoms with Gasteiger partial charge in [-0.05, 0) is 23.6 Å². The van der Waals surface area contributed by atoms with Gasteiger partial charge in [0.25, 0.3) is 0 Å². The maximum absolute atomic E-state index is 12.9. The van der Waals surface area contributed by atoms with E-state index >= 15 is 0 Å². The topological polar surface area (TPSA) is 24.5 Å². The fourth-order valence-electron chi connectivity index (χ4n) is 3.07. The lowest BCUT2D eigenvalue weighted by Gasteiger charge is -2.35. The van der Waals surface area contributed by atoms with Crippen molar-refractivity contribution in [3.63, 3.8) is 0 Å². The molecule has 0 amide bonds. The van der Waals surface area contributed by atoms with Crippen LogP contribution in [0.25, 0.3) is 0 Å². The second kappa shape index (κ2) is 5.88. The van der Waals surface area contributed by atoms with Crippen LogP contribution in [0.4, 0.5) is 4.39 Å². The first-order chi connectivity index (χ1) is 9.38. The van der Waals surface area contributed by atoms with Crippen molar-refractivity contribution >= 4 is 0 Å². The van der Waals surface area contributed by atoms with E-state index in [4.69, 9.17) is 4.74 Å². The summed E-state index contributed by atoms with van der Waals surface area (Å²) in [4.78, 5) is 2.40. The van der Waals surface area contributed by atoms with Crippen LogP contribution < -0.4 is 10.1 Å². The minimum atomic E-state index is -0.262. The van der Waals surface area contributed by atoms with Gasteiger partial charge in [-0.1, -0.05) is 12.1 Å². The Labute approximate surface area is 113 Å². The van der Waals surface area contributed by atoms with Gasteiger partial charge in [-0.3, -0.25) is 9.29 Å². The molecule has 0 unspecified atom stereocenters. The molecule has 0 aliphatic carbocycles. The third kappa shape index (κ3) is 2.74. The van der Waals surface area contributed by atoms with Crippen molar-refractivity contribution in [2.24, 2.45) is 0 Å². The molecule has 0 saturated carbocycles. The van der Waals surface area contributed by atoms with Gasteiger partial charge < -0.3 is 10.1 Å². The average Bonchev–Trinajstić information content (AvgIpc) is 2.93. The summed E-state index contributed by atoms with van der Waals surface area (Å²) in [6, 6.07) is 6.57. The summed E-state index contributed by atoms with van der Waals surface area (Å²) in [5.74, 6) is 1.00. The summed E-state index contributed by atoms with van der Waals surface area (Å²) < 4.78 is 18.4. The van der Waals surface area contributed by atoms with E-state index in [0.29, 0.717) is 6.42 Å². The lowest BCUT2D eigenvalue weighted by molar-refractivity contribution is 0.157. The van der Waals surface area contributed by atoms with E-state index in [9.17, 15) is 4.39 Å². The van der Waals surface area contributed by atoms with Gasteiger partial charge in [-0.25, -0.2) is 0 Å².